The lowest BCUT2D eigenvalue weighted by molar-refractivity contribution is 0.556. The molecule has 0 aromatic carbocycles. The summed E-state index contributed by atoms with van der Waals surface area (Å²) in [6, 6.07) is 2.16. The average Bonchev–Trinajstić information content (AvgIpc) is 2.36. The van der Waals surface area contributed by atoms with Gasteiger partial charge in [0.25, 0.3) is 0 Å². The molecule has 4 nitrogen and oxygen atoms in total. The van der Waals surface area contributed by atoms with E-state index in [2.05, 4.69) is 10.8 Å². The number of nitriles is 1. The van der Waals surface area contributed by atoms with E-state index >= 15 is 0 Å². The van der Waals surface area contributed by atoms with Crippen LogP contribution in [0.5, 0.6) is 0 Å². The summed E-state index contributed by atoms with van der Waals surface area (Å²) < 4.78 is 25.3. The minimum absolute atomic E-state index is 0.232. The zero-order chi connectivity index (χ0) is 14.4. The molecule has 0 aliphatic carbocycles. The van der Waals surface area contributed by atoms with Crippen LogP contribution >= 0.6 is 0 Å². The fraction of sp³-hybridized carbons (Fsp3) is 0.929. The van der Waals surface area contributed by atoms with Gasteiger partial charge in [0.15, 0.2) is 0 Å². The lowest BCUT2D eigenvalue weighted by atomic mass is 10.1. The van der Waals surface area contributed by atoms with Gasteiger partial charge in [0.2, 0.25) is 10.0 Å². The minimum atomic E-state index is -3.02. The van der Waals surface area contributed by atoms with Gasteiger partial charge in [-0.05, 0) is 19.3 Å². The molecule has 0 fully saturated rings. The Bertz CT molecular complexity index is 334. The molecule has 0 radical (unpaired) electrons. The Balaban J connectivity index is 3.22. The van der Waals surface area contributed by atoms with Gasteiger partial charge in [-0.25, -0.2) is 13.1 Å². The number of unbranched alkanes of at least 4 members (excludes halogenated alkanes) is 8. The Morgan fingerprint density at radius 1 is 0.947 bits per heavy atom. The van der Waals surface area contributed by atoms with Gasteiger partial charge in [-0.15, -0.1) is 0 Å². The molecule has 0 rings (SSSR count). The molecule has 0 saturated heterocycles. The van der Waals surface area contributed by atoms with Crippen molar-refractivity contribution in [2.45, 2.75) is 71.1 Å². The third-order valence-electron chi connectivity index (χ3n) is 3.01. The van der Waals surface area contributed by atoms with Gasteiger partial charge in [-0.3, -0.25) is 0 Å². The average molecular weight is 288 g/mol. The van der Waals surface area contributed by atoms with Crippen molar-refractivity contribution in [3.63, 3.8) is 0 Å². The highest BCUT2D eigenvalue weighted by Gasteiger charge is 2.06. The number of nitrogens with zero attached hydrogens (tertiary/aromatic N) is 1. The van der Waals surface area contributed by atoms with Crippen molar-refractivity contribution in [2.24, 2.45) is 0 Å². The third-order valence-corrected chi connectivity index (χ3v) is 4.60. The monoisotopic (exact) mass is 288 g/mol. The highest BCUT2D eigenvalue weighted by atomic mass is 32.2. The van der Waals surface area contributed by atoms with Crippen LogP contribution in [-0.2, 0) is 10.0 Å². The minimum Gasteiger partial charge on any atom is -0.215 e. The second-order valence-corrected chi connectivity index (χ2v) is 6.88. The zero-order valence-corrected chi connectivity index (χ0v) is 13.0. The summed E-state index contributed by atoms with van der Waals surface area (Å²) in [6.07, 6.45) is 10.4. The summed E-state index contributed by atoms with van der Waals surface area (Å²) in [5.41, 5.74) is 0. The van der Waals surface area contributed by atoms with Crippen molar-refractivity contribution in [3.05, 3.63) is 0 Å². The Hall–Kier alpha value is -0.600. The van der Waals surface area contributed by atoms with E-state index in [1.165, 1.54) is 25.7 Å². The normalized spacial score (nSPS) is 11.4. The van der Waals surface area contributed by atoms with E-state index in [1.54, 1.807) is 0 Å². The molecule has 0 atom stereocenters. The standard InChI is InChI=1S/C14H28N2O2S/c1-2-14-19(17,18)16-13-11-9-7-5-3-4-6-8-10-12-15/h16H,2-11,13-14H2,1H3. The molecular weight excluding hydrogens is 260 g/mol. The van der Waals surface area contributed by atoms with Crippen molar-refractivity contribution < 1.29 is 8.42 Å². The lowest BCUT2D eigenvalue weighted by Gasteiger charge is -2.05. The molecule has 112 valence electrons. The van der Waals surface area contributed by atoms with Crippen LogP contribution < -0.4 is 4.72 Å². The van der Waals surface area contributed by atoms with E-state index in [4.69, 9.17) is 5.26 Å². The van der Waals surface area contributed by atoms with E-state index < -0.39 is 10.0 Å². The van der Waals surface area contributed by atoms with Crippen LogP contribution in [0, 0.1) is 11.3 Å². The van der Waals surface area contributed by atoms with Gasteiger partial charge in [0, 0.05) is 13.0 Å². The van der Waals surface area contributed by atoms with E-state index in [0.717, 1.165) is 25.7 Å². The first-order valence-corrected chi connectivity index (χ1v) is 9.12. The highest BCUT2D eigenvalue weighted by molar-refractivity contribution is 7.89. The summed E-state index contributed by atoms with van der Waals surface area (Å²) in [6.45, 7) is 2.44. The molecule has 1 N–H and O–H groups in total. The summed E-state index contributed by atoms with van der Waals surface area (Å²) in [5.74, 6) is 0.232. The molecule has 19 heavy (non-hydrogen) atoms. The Labute approximate surface area is 118 Å². The molecule has 0 saturated carbocycles. The van der Waals surface area contributed by atoms with E-state index in [0.29, 0.717) is 19.4 Å². The summed E-state index contributed by atoms with van der Waals surface area (Å²) in [4.78, 5) is 0. The predicted molar refractivity (Wildman–Crippen MR) is 79.2 cm³/mol. The van der Waals surface area contributed by atoms with Crippen LogP contribution in [0.2, 0.25) is 0 Å². The fourth-order valence-corrected chi connectivity index (χ4v) is 3.10. The molecular formula is C14H28N2O2S. The van der Waals surface area contributed by atoms with Crippen molar-refractivity contribution in [1.82, 2.24) is 4.72 Å². The maximum atomic E-state index is 11.4. The Morgan fingerprint density at radius 3 is 2.00 bits per heavy atom. The molecule has 5 heteroatoms. The molecule has 0 amide bonds. The molecule has 0 unspecified atom stereocenters. The molecule has 0 aliphatic rings. The van der Waals surface area contributed by atoms with Gasteiger partial charge in [-0.2, -0.15) is 5.26 Å². The van der Waals surface area contributed by atoms with Gasteiger partial charge in [-0.1, -0.05) is 45.4 Å². The number of nitrogens with one attached hydrogen (secondary N) is 1. The summed E-state index contributed by atoms with van der Waals surface area (Å²) in [7, 11) is -3.02. The number of rotatable bonds is 13. The van der Waals surface area contributed by atoms with E-state index in [1.807, 2.05) is 6.92 Å². The Morgan fingerprint density at radius 2 is 1.47 bits per heavy atom. The molecule has 0 aromatic rings. The Kier molecular flexibility index (Phi) is 12.0. The van der Waals surface area contributed by atoms with Gasteiger partial charge in [0.1, 0.15) is 0 Å². The first-order valence-electron chi connectivity index (χ1n) is 7.46. The van der Waals surface area contributed by atoms with Crippen molar-refractivity contribution in [3.8, 4) is 6.07 Å². The first kappa shape index (κ1) is 18.4. The van der Waals surface area contributed by atoms with Gasteiger partial charge in [0.05, 0.1) is 11.8 Å². The van der Waals surface area contributed by atoms with Crippen molar-refractivity contribution >= 4 is 10.0 Å². The fourth-order valence-electron chi connectivity index (χ4n) is 1.96. The second-order valence-electron chi connectivity index (χ2n) is 4.95. The van der Waals surface area contributed by atoms with E-state index in [9.17, 15) is 8.42 Å². The maximum absolute atomic E-state index is 11.4. The van der Waals surface area contributed by atoms with Gasteiger partial charge < -0.3 is 0 Å². The molecule has 0 aromatic heterocycles. The number of sulfonamides is 1. The SMILES string of the molecule is CCCS(=O)(=O)NCCCCCCCCCCC#N. The predicted octanol–water partition coefficient (Wildman–Crippen LogP) is 3.35. The van der Waals surface area contributed by atoms with Crippen LogP contribution in [0.3, 0.4) is 0 Å². The maximum Gasteiger partial charge on any atom is 0.211 e. The highest BCUT2D eigenvalue weighted by Crippen LogP contribution is 2.09. The summed E-state index contributed by atoms with van der Waals surface area (Å²) >= 11 is 0. The molecule has 0 spiro atoms. The number of hydrogen-bond donors (Lipinski definition) is 1. The number of hydrogen-bond acceptors (Lipinski definition) is 3. The van der Waals surface area contributed by atoms with Crippen molar-refractivity contribution in [2.75, 3.05) is 12.3 Å². The third kappa shape index (κ3) is 13.6. The summed E-state index contributed by atoms with van der Waals surface area (Å²) in [5, 5.41) is 8.38. The smallest absolute Gasteiger partial charge is 0.211 e. The van der Waals surface area contributed by atoms with Crippen LogP contribution in [0.1, 0.15) is 71.1 Å². The molecule has 0 aliphatic heterocycles. The first-order chi connectivity index (χ1) is 9.12. The lowest BCUT2D eigenvalue weighted by Crippen LogP contribution is -2.27. The van der Waals surface area contributed by atoms with Crippen LogP contribution in [0.4, 0.5) is 0 Å². The largest absolute Gasteiger partial charge is 0.215 e. The van der Waals surface area contributed by atoms with Gasteiger partial charge >= 0.3 is 0 Å². The van der Waals surface area contributed by atoms with Crippen molar-refractivity contribution in [1.29, 1.82) is 5.26 Å². The molecule has 0 heterocycles. The van der Waals surface area contributed by atoms with Crippen LogP contribution in [0.25, 0.3) is 0 Å². The molecule has 0 bridgehead atoms. The van der Waals surface area contributed by atoms with Crippen LogP contribution in [-0.4, -0.2) is 20.7 Å². The topological polar surface area (TPSA) is 70.0 Å². The quantitative estimate of drug-likeness (QED) is 0.528. The van der Waals surface area contributed by atoms with E-state index in [-0.39, 0.29) is 5.75 Å². The second kappa shape index (κ2) is 12.4. The van der Waals surface area contributed by atoms with Crippen LogP contribution in [0.15, 0.2) is 0 Å². The zero-order valence-electron chi connectivity index (χ0n) is 12.2.